The molecular formula is C18H17FN2O2S2. The Bertz CT molecular complexity index is 955. The van der Waals surface area contributed by atoms with Crippen molar-refractivity contribution >= 4 is 44.9 Å². The molecule has 130 valence electrons. The highest BCUT2D eigenvalue weighted by molar-refractivity contribution is 7.16. The van der Waals surface area contributed by atoms with Crippen molar-refractivity contribution < 1.29 is 13.9 Å². The van der Waals surface area contributed by atoms with Gasteiger partial charge in [0.1, 0.15) is 5.82 Å². The molecule has 0 fully saturated rings. The Morgan fingerprint density at radius 3 is 3.04 bits per heavy atom. The highest BCUT2D eigenvalue weighted by atomic mass is 32.1. The summed E-state index contributed by atoms with van der Waals surface area (Å²) < 4.78 is 21.5. The molecule has 0 unspecified atom stereocenters. The second-order valence-corrected chi connectivity index (χ2v) is 7.13. The van der Waals surface area contributed by atoms with Crippen molar-refractivity contribution in [1.29, 1.82) is 0 Å². The standard InChI is InChI=1S/C18H17FN2O2S2/c1-2-23-10-9-21-15-7-5-13(19)12-16(15)25-18(21)20-17(22)8-6-14-4-3-11-24-14/h3-8,11-12H,2,9-10H2,1H3/b8-6+,20-18?. The molecule has 2 aromatic heterocycles. The third-order valence-electron chi connectivity index (χ3n) is 3.45. The monoisotopic (exact) mass is 376 g/mol. The molecule has 0 atom stereocenters. The molecule has 7 heteroatoms. The number of carbonyl (C=O) groups excluding carboxylic acids is 1. The Morgan fingerprint density at radius 1 is 1.40 bits per heavy atom. The minimum absolute atomic E-state index is 0.304. The van der Waals surface area contributed by atoms with Gasteiger partial charge in [0.2, 0.25) is 0 Å². The molecule has 0 bridgehead atoms. The third-order valence-corrected chi connectivity index (χ3v) is 5.33. The van der Waals surface area contributed by atoms with E-state index in [0.29, 0.717) is 24.6 Å². The van der Waals surface area contributed by atoms with Crippen LogP contribution in [-0.4, -0.2) is 23.7 Å². The minimum atomic E-state index is -0.342. The average Bonchev–Trinajstić information content (AvgIpc) is 3.21. The summed E-state index contributed by atoms with van der Waals surface area (Å²) in [6, 6.07) is 8.43. The van der Waals surface area contributed by atoms with Crippen LogP contribution in [0.25, 0.3) is 16.3 Å². The highest BCUT2D eigenvalue weighted by Crippen LogP contribution is 2.18. The first-order chi connectivity index (χ1) is 12.2. The predicted octanol–water partition coefficient (Wildman–Crippen LogP) is 4.08. The van der Waals surface area contributed by atoms with Gasteiger partial charge in [0.15, 0.2) is 4.80 Å². The maximum absolute atomic E-state index is 13.5. The SMILES string of the molecule is CCOCCn1c(=NC(=O)/C=C/c2cccs2)sc2cc(F)ccc21. The summed E-state index contributed by atoms with van der Waals surface area (Å²) in [6.07, 6.45) is 3.19. The average molecular weight is 376 g/mol. The first-order valence-electron chi connectivity index (χ1n) is 7.84. The van der Waals surface area contributed by atoms with Crippen molar-refractivity contribution in [3.8, 4) is 0 Å². The first kappa shape index (κ1) is 17.7. The second-order valence-electron chi connectivity index (χ2n) is 5.14. The summed E-state index contributed by atoms with van der Waals surface area (Å²) in [4.78, 5) is 17.9. The van der Waals surface area contributed by atoms with E-state index < -0.39 is 0 Å². The van der Waals surface area contributed by atoms with Crippen LogP contribution in [-0.2, 0) is 16.1 Å². The lowest BCUT2D eigenvalue weighted by Gasteiger charge is -2.05. The molecule has 0 aliphatic carbocycles. The molecule has 25 heavy (non-hydrogen) atoms. The fourth-order valence-electron chi connectivity index (χ4n) is 2.32. The van der Waals surface area contributed by atoms with Gasteiger partial charge in [0.25, 0.3) is 5.91 Å². The molecular weight excluding hydrogens is 359 g/mol. The van der Waals surface area contributed by atoms with Crippen LogP contribution in [0.4, 0.5) is 4.39 Å². The highest BCUT2D eigenvalue weighted by Gasteiger charge is 2.08. The van der Waals surface area contributed by atoms with Gasteiger partial charge in [0.05, 0.1) is 16.8 Å². The van der Waals surface area contributed by atoms with Gasteiger partial charge < -0.3 is 9.30 Å². The molecule has 3 aromatic rings. The lowest BCUT2D eigenvalue weighted by molar-refractivity contribution is -0.113. The predicted molar refractivity (Wildman–Crippen MR) is 100 cm³/mol. The van der Waals surface area contributed by atoms with Crippen molar-refractivity contribution in [2.45, 2.75) is 13.5 Å². The zero-order valence-corrected chi connectivity index (χ0v) is 15.3. The first-order valence-corrected chi connectivity index (χ1v) is 9.54. The molecule has 1 amide bonds. The van der Waals surface area contributed by atoms with E-state index in [1.165, 1.54) is 29.5 Å². The Kier molecular flexibility index (Phi) is 5.91. The maximum Gasteiger partial charge on any atom is 0.272 e. The Hall–Kier alpha value is -2.09. The van der Waals surface area contributed by atoms with Crippen LogP contribution in [0, 0.1) is 5.82 Å². The van der Waals surface area contributed by atoms with Crippen molar-refractivity contribution in [3.63, 3.8) is 0 Å². The van der Waals surface area contributed by atoms with E-state index in [-0.39, 0.29) is 11.7 Å². The van der Waals surface area contributed by atoms with Gasteiger partial charge in [-0.3, -0.25) is 4.79 Å². The Balaban J connectivity index is 1.95. The van der Waals surface area contributed by atoms with E-state index in [9.17, 15) is 9.18 Å². The maximum atomic E-state index is 13.5. The van der Waals surface area contributed by atoms with Gasteiger partial charge in [-0.15, -0.1) is 11.3 Å². The largest absolute Gasteiger partial charge is 0.380 e. The summed E-state index contributed by atoms with van der Waals surface area (Å²) in [6.45, 7) is 3.61. The quantitative estimate of drug-likeness (QED) is 0.481. The van der Waals surface area contributed by atoms with Gasteiger partial charge >= 0.3 is 0 Å². The lowest BCUT2D eigenvalue weighted by atomic mass is 10.3. The minimum Gasteiger partial charge on any atom is -0.380 e. The van der Waals surface area contributed by atoms with Gasteiger partial charge in [-0.25, -0.2) is 4.39 Å². The molecule has 0 aliphatic rings. The molecule has 4 nitrogen and oxygen atoms in total. The van der Waals surface area contributed by atoms with Gasteiger partial charge in [-0.05, 0) is 42.6 Å². The number of thiophene rings is 1. The Labute approximate surface area is 152 Å². The summed E-state index contributed by atoms with van der Waals surface area (Å²) in [5.41, 5.74) is 0.847. The van der Waals surface area contributed by atoms with Gasteiger partial charge in [-0.2, -0.15) is 4.99 Å². The van der Waals surface area contributed by atoms with Crippen molar-refractivity contribution in [2.24, 2.45) is 4.99 Å². The number of hydrogen-bond acceptors (Lipinski definition) is 4. The smallest absolute Gasteiger partial charge is 0.272 e. The van der Waals surface area contributed by atoms with E-state index in [1.807, 2.05) is 29.0 Å². The van der Waals surface area contributed by atoms with Crippen LogP contribution in [0.3, 0.4) is 0 Å². The number of fused-ring (bicyclic) bond motifs is 1. The fourth-order valence-corrected chi connectivity index (χ4v) is 4.02. The van der Waals surface area contributed by atoms with Crippen LogP contribution < -0.4 is 4.80 Å². The number of amides is 1. The van der Waals surface area contributed by atoms with Crippen LogP contribution in [0.15, 0.2) is 46.8 Å². The van der Waals surface area contributed by atoms with E-state index in [0.717, 1.165) is 15.1 Å². The van der Waals surface area contributed by atoms with Crippen LogP contribution in [0.5, 0.6) is 0 Å². The zero-order chi connectivity index (χ0) is 17.6. The molecule has 0 saturated carbocycles. The molecule has 1 aromatic carbocycles. The fraction of sp³-hybridized carbons (Fsp3) is 0.222. The molecule has 0 N–H and O–H groups in total. The summed E-state index contributed by atoms with van der Waals surface area (Å²) in [5.74, 6) is -0.647. The topological polar surface area (TPSA) is 43.6 Å². The number of halogens is 1. The van der Waals surface area contributed by atoms with Crippen molar-refractivity contribution in [3.05, 3.63) is 57.3 Å². The normalized spacial score (nSPS) is 12.5. The second kappa shape index (κ2) is 8.33. The molecule has 0 saturated heterocycles. The number of thiazole rings is 1. The molecule has 3 rings (SSSR count). The van der Waals surface area contributed by atoms with Crippen LogP contribution in [0.1, 0.15) is 11.8 Å². The molecule has 0 aliphatic heterocycles. The number of ether oxygens (including phenoxy) is 1. The van der Waals surface area contributed by atoms with Gasteiger partial charge in [-0.1, -0.05) is 17.4 Å². The summed E-state index contributed by atoms with van der Waals surface area (Å²) >= 11 is 2.85. The van der Waals surface area contributed by atoms with E-state index in [1.54, 1.807) is 23.5 Å². The van der Waals surface area contributed by atoms with Crippen LogP contribution in [0.2, 0.25) is 0 Å². The molecule has 2 heterocycles. The number of aromatic nitrogens is 1. The zero-order valence-electron chi connectivity index (χ0n) is 13.6. The van der Waals surface area contributed by atoms with E-state index in [2.05, 4.69) is 4.99 Å². The lowest BCUT2D eigenvalue weighted by Crippen LogP contribution is -2.19. The van der Waals surface area contributed by atoms with Crippen molar-refractivity contribution in [1.82, 2.24) is 4.57 Å². The molecule has 0 radical (unpaired) electrons. The van der Waals surface area contributed by atoms with E-state index >= 15 is 0 Å². The third kappa shape index (κ3) is 4.50. The van der Waals surface area contributed by atoms with Gasteiger partial charge in [0, 0.05) is 24.1 Å². The molecule has 0 spiro atoms. The number of nitrogens with zero attached hydrogens (tertiary/aromatic N) is 2. The van der Waals surface area contributed by atoms with Crippen molar-refractivity contribution in [2.75, 3.05) is 13.2 Å². The van der Waals surface area contributed by atoms with Crippen LogP contribution >= 0.6 is 22.7 Å². The number of hydrogen-bond donors (Lipinski definition) is 0. The summed E-state index contributed by atoms with van der Waals surface area (Å²) in [7, 11) is 0. The number of carbonyl (C=O) groups is 1. The summed E-state index contributed by atoms with van der Waals surface area (Å²) in [5, 5.41) is 1.95. The number of rotatable bonds is 6. The van der Waals surface area contributed by atoms with E-state index in [4.69, 9.17) is 4.74 Å². The Morgan fingerprint density at radius 2 is 2.28 bits per heavy atom. The number of benzene rings is 1.